The first-order valence-electron chi connectivity index (χ1n) is 14.7. The molecule has 1 aliphatic rings. The van der Waals surface area contributed by atoms with Crippen LogP contribution in [0.15, 0.2) is 140 Å². The van der Waals surface area contributed by atoms with Crippen LogP contribution in [-0.2, 0) is 0 Å². The van der Waals surface area contributed by atoms with E-state index in [2.05, 4.69) is 128 Å². The molecular formula is C39H29N3Si. The summed E-state index contributed by atoms with van der Waals surface area (Å²) in [6.07, 6.45) is 0. The second-order valence-electron chi connectivity index (χ2n) is 11.7. The molecule has 0 spiro atoms. The number of nitrogens with zero attached hydrogens (tertiary/aromatic N) is 3. The SMILES string of the molecule is C[Si]1(C)c2cc(-c3nc(-c4ccccc4)nc(-c4ccc(-c5ccccc5)cc4)n3)ccc2-c2c1ccc1ccccc21. The van der Waals surface area contributed by atoms with Crippen molar-refractivity contribution in [1.82, 2.24) is 15.0 Å². The predicted octanol–water partition coefficient (Wildman–Crippen LogP) is 8.50. The van der Waals surface area contributed by atoms with Crippen molar-refractivity contribution in [3.05, 3.63) is 140 Å². The Kier molecular flexibility index (Phi) is 5.91. The maximum atomic E-state index is 5.07. The van der Waals surface area contributed by atoms with Crippen LogP contribution in [0.25, 0.3) is 67.2 Å². The highest BCUT2D eigenvalue weighted by atomic mass is 28.3. The molecule has 4 heteroatoms. The Labute approximate surface area is 252 Å². The standard InChI is InChI=1S/C39H29N3Si/c1-43(2)34-24-22-28-13-9-10-16-32(28)36(34)33-23-21-31(25-35(33)43)39-41-37(29-14-7-4-8-15-29)40-38(42-39)30-19-17-27(18-20-30)26-11-5-3-6-12-26/h3-25H,1-2H3. The fourth-order valence-electron chi connectivity index (χ4n) is 6.44. The van der Waals surface area contributed by atoms with Gasteiger partial charge in [0.2, 0.25) is 0 Å². The Hall–Kier alpha value is -5.19. The van der Waals surface area contributed by atoms with E-state index >= 15 is 0 Å². The van der Waals surface area contributed by atoms with Gasteiger partial charge in [-0.3, -0.25) is 0 Å². The molecule has 0 fully saturated rings. The second kappa shape index (κ2) is 9.97. The molecule has 8 rings (SSSR count). The van der Waals surface area contributed by atoms with Crippen molar-refractivity contribution in [3.63, 3.8) is 0 Å². The number of hydrogen-bond donors (Lipinski definition) is 0. The van der Waals surface area contributed by atoms with Crippen LogP contribution in [-0.4, -0.2) is 23.0 Å². The van der Waals surface area contributed by atoms with Gasteiger partial charge in [0, 0.05) is 16.7 Å². The van der Waals surface area contributed by atoms with Crippen LogP contribution < -0.4 is 10.4 Å². The molecule has 0 aliphatic carbocycles. The predicted molar refractivity (Wildman–Crippen MR) is 181 cm³/mol. The quantitative estimate of drug-likeness (QED) is 0.200. The first-order chi connectivity index (χ1) is 21.1. The number of rotatable bonds is 4. The van der Waals surface area contributed by atoms with E-state index in [0.29, 0.717) is 17.5 Å². The Morgan fingerprint density at radius 3 is 1.63 bits per heavy atom. The van der Waals surface area contributed by atoms with E-state index in [1.165, 1.54) is 43.4 Å². The first kappa shape index (κ1) is 25.5. The smallest absolute Gasteiger partial charge is 0.164 e. The zero-order valence-corrected chi connectivity index (χ0v) is 25.1. The topological polar surface area (TPSA) is 38.7 Å². The molecule has 1 aromatic heterocycles. The molecule has 7 aromatic rings. The number of aromatic nitrogens is 3. The fraction of sp³-hybridized carbons (Fsp3) is 0.0513. The van der Waals surface area contributed by atoms with Crippen LogP contribution >= 0.6 is 0 Å². The zero-order chi connectivity index (χ0) is 29.0. The van der Waals surface area contributed by atoms with Gasteiger partial charge in [-0.05, 0) is 43.4 Å². The van der Waals surface area contributed by atoms with Gasteiger partial charge in [-0.2, -0.15) is 0 Å². The monoisotopic (exact) mass is 567 g/mol. The minimum absolute atomic E-state index is 0.676. The van der Waals surface area contributed by atoms with Crippen molar-refractivity contribution in [2.75, 3.05) is 0 Å². The van der Waals surface area contributed by atoms with Gasteiger partial charge >= 0.3 is 0 Å². The third kappa shape index (κ3) is 4.30. The number of fused-ring (bicyclic) bond motifs is 5. The Morgan fingerprint density at radius 2 is 0.930 bits per heavy atom. The average Bonchev–Trinajstić information content (AvgIpc) is 3.31. The molecule has 43 heavy (non-hydrogen) atoms. The van der Waals surface area contributed by atoms with Gasteiger partial charge in [-0.25, -0.2) is 15.0 Å². The first-order valence-corrected chi connectivity index (χ1v) is 17.7. The maximum absolute atomic E-state index is 5.07. The van der Waals surface area contributed by atoms with Gasteiger partial charge in [0.05, 0.1) is 0 Å². The van der Waals surface area contributed by atoms with Gasteiger partial charge in [0.1, 0.15) is 8.07 Å². The van der Waals surface area contributed by atoms with Gasteiger partial charge in [-0.1, -0.05) is 153 Å². The molecule has 6 aromatic carbocycles. The minimum Gasteiger partial charge on any atom is -0.208 e. The van der Waals surface area contributed by atoms with E-state index in [4.69, 9.17) is 15.0 Å². The Balaban J connectivity index is 1.27. The van der Waals surface area contributed by atoms with Crippen molar-refractivity contribution in [1.29, 1.82) is 0 Å². The van der Waals surface area contributed by atoms with Crippen molar-refractivity contribution >= 4 is 29.2 Å². The molecule has 0 amide bonds. The second-order valence-corrected chi connectivity index (χ2v) is 16.0. The summed E-state index contributed by atoms with van der Waals surface area (Å²) in [5.74, 6) is 2.05. The van der Waals surface area contributed by atoms with Crippen molar-refractivity contribution in [3.8, 4) is 56.4 Å². The lowest BCUT2D eigenvalue weighted by Gasteiger charge is -2.19. The lowest BCUT2D eigenvalue weighted by Crippen LogP contribution is -2.49. The molecular weight excluding hydrogens is 539 g/mol. The number of benzene rings is 6. The van der Waals surface area contributed by atoms with E-state index < -0.39 is 8.07 Å². The third-order valence-electron chi connectivity index (χ3n) is 8.74. The normalized spacial score (nSPS) is 13.1. The summed E-state index contributed by atoms with van der Waals surface area (Å²) in [4.78, 5) is 15.1. The molecule has 1 aliphatic heterocycles. The fourth-order valence-corrected chi connectivity index (χ4v) is 9.52. The molecule has 0 radical (unpaired) electrons. The van der Waals surface area contributed by atoms with Crippen molar-refractivity contribution < 1.29 is 0 Å². The molecule has 0 atom stereocenters. The highest BCUT2D eigenvalue weighted by Gasteiger charge is 2.38. The van der Waals surface area contributed by atoms with Crippen LogP contribution in [0.2, 0.25) is 13.1 Å². The molecule has 0 bridgehead atoms. The van der Waals surface area contributed by atoms with Crippen molar-refractivity contribution in [2.24, 2.45) is 0 Å². The zero-order valence-electron chi connectivity index (χ0n) is 24.1. The Bertz CT molecular complexity index is 2140. The largest absolute Gasteiger partial charge is 0.208 e. The molecule has 0 saturated heterocycles. The summed E-state index contributed by atoms with van der Waals surface area (Å²) in [6.45, 7) is 4.91. The summed E-state index contributed by atoms with van der Waals surface area (Å²) in [7, 11) is -1.93. The summed E-state index contributed by atoms with van der Waals surface area (Å²) < 4.78 is 0. The number of hydrogen-bond acceptors (Lipinski definition) is 3. The van der Waals surface area contributed by atoms with Gasteiger partial charge < -0.3 is 0 Å². The van der Waals surface area contributed by atoms with Crippen LogP contribution in [0, 0.1) is 0 Å². The van der Waals surface area contributed by atoms with E-state index in [-0.39, 0.29) is 0 Å². The average molecular weight is 568 g/mol. The van der Waals surface area contributed by atoms with E-state index in [1.807, 2.05) is 24.3 Å². The van der Waals surface area contributed by atoms with Crippen molar-refractivity contribution in [2.45, 2.75) is 13.1 Å². The van der Waals surface area contributed by atoms with Crippen LogP contribution in [0.5, 0.6) is 0 Å². The van der Waals surface area contributed by atoms with Gasteiger partial charge in [0.15, 0.2) is 17.5 Å². The highest BCUT2D eigenvalue weighted by molar-refractivity contribution is 7.04. The maximum Gasteiger partial charge on any atom is 0.164 e. The lowest BCUT2D eigenvalue weighted by atomic mass is 9.97. The summed E-state index contributed by atoms with van der Waals surface area (Å²) in [6, 6.07) is 49.3. The van der Waals surface area contributed by atoms with Gasteiger partial charge in [0.25, 0.3) is 0 Å². The molecule has 3 nitrogen and oxygen atoms in total. The van der Waals surface area contributed by atoms with Gasteiger partial charge in [-0.15, -0.1) is 0 Å². The highest BCUT2D eigenvalue weighted by Crippen LogP contribution is 2.36. The van der Waals surface area contributed by atoms with E-state index in [0.717, 1.165) is 16.7 Å². The third-order valence-corrected chi connectivity index (χ3v) is 12.3. The van der Waals surface area contributed by atoms with Crippen LogP contribution in [0.1, 0.15) is 0 Å². The summed E-state index contributed by atoms with van der Waals surface area (Å²) in [5.41, 5.74) is 8.07. The Morgan fingerprint density at radius 1 is 0.419 bits per heavy atom. The van der Waals surface area contributed by atoms with Crippen LogP contribution in [0.3, 0.4) is 0 Å². The van der Waals surface area contributed by atoms with E-state index in [1.54, 1.807) is 0 Å². The molecule has 2 heterocycles. The molecule has 0 N–H and O–H groups in total. The van der Waals surface area contributed by atoms with E-state index in [9.17, 15) is 0 Å². The molecule has 0 unspecified atom stereocenters. The van der Waals surface area contributed by atoms with Crippen LogP contribution in [0.4, 0.5) is 0 Å². The summed E-state index contributed by atoms with van der Waals surface area (Å²) in [5, 5.41) is 5.56. The minimum atomic E-state index is -1.93. The molecule has 0 saturated carbocycles. The molecule has 204 valence electrons. The lowest BCUT2D eigenvalue weighted by molar-refractivity contribution is 1.07. The summed E-state index contributed by atoms with van der Waals surface area (Å²) >= 11 is 0.